The van der Waals surface area contributed by atoms with Crippen LogP contribution in [0.3, 0.4) is 0 Å². The standard InChI is InChI=1S/C12H10N2O6/c1-20-10(15)4-5-13-11(16)8-3-2-7(14(18)19)6-9(8)12(13)17/h2-3,6H,4-5H2,1H3. The van der Waals surface area contributed by atoms with Gasteiger partial charge in [0.2, 0.25) is 0 Å². The number of rotatable bonds is 4. The van der Waals surface area contributed by atoms with Crippen molar-refractivity contribution >= 4 is 23.5 Å². The summed E-state index contributed by atoms with van der Waals surface area (Å²) in [6.07, 6.45) is -0.121. The quantitative estimate of drug-likeness (QED) is 0.348. The van der Waals surface area contributed by atoms with Crippen molar-refractivity contribution in [1.29, 1.82) is 0 Å². The Morgan fingerprint density at radius 3 is 2.55 bits per heavy atom. The highest BCUT2D eigenvalue weighted by Crippen LogP contribution is 2.26. The molecule has 2 rings (SSSR count). The highest BCUT2D eigenvalue weighted by atomic mass is 16.6. The first kappa shape index (κ1) is 13.7. The summed E-state index contributed by atoms with van der Waals surface area (Å²) in [5.41, 5.74) is -0.181. The monoisotopic (exact) mass is 278 g/mol. The molecule has 1 aromatic carbocycles. The number of nitro benzene ring substituents is 1. The highest BCUT2D eigenvalue weighted by molar-refractivity contribution is 6.21. The van der Waals surface area contributed by atoms with E-state index in [2.05, 4.69) is 4.74 Å². The fraction of sp³-hybridized carbons (Fsp3) is 0.250. The van der Waals surface area contributed by atoms with Gasteiger partial charge in [0.1, 0.15) is 0 Å². The summed E-state index contributed by atoms with van der Waals surface area (Å²) in [4.78, 5) is 45.9. The predicted octanol–water partition coefficient (Wildman–Crippen LogP) is 0.754. The van der Waals surface area contributed by atoms with Gasteiger partial charge >= 0.3 is 5.97 Å². The Labute approximate surface area is 113 Å². The van der Waals surface area contributed by atoms with Gasteiger partial charge in [0.05, 0.1) is 29.6 Å². The summed E-state index contributed by atoms with van der Waals surface area (Å²) in [5.74, 6) is -1.76. The summed E-state index contributed by atoms with van der Waals surface area (Å²) in [6.45, 7) is -0.118. The van der Waals surface area contributed by atoms with E-state index in [-0.39, 0.29) is 29.8 Å². The van der Waals surface area contributed by atoms with Crippen molar-refractivity contribution in [3.8, 4) is 0 Å². The van der Waals surface area contributed by atoms with E-state index in [0.717, 1.165) is 17.0 Å². The van der Waals surface area contributed by atoms with E-state index in [1.165, 1.54) is 13.2 Å². The van der Waals surface area contributed by atoms with Gasteiger partial charge in [-0.2, -0.15) is 0 Å². The number of amides is 2. The molecule has 8 heteroatoms. The van der Waals surface area contributed by atoms with E-state index >= 15 is 0 Å². The Kier molecular flexibility index (Phi) is 3.47. The molecule has 0 unspecified atom stereocenters. The van der Waals surface area contributed by atoms with Crippen molar-refractivity contribution < 1.29 is 24.0 Å². The van der Waals surface area contributed by atoms with Crippen LogP contribution in [0, 0.1) is 10.1 Å². The summed E-state index contributed by atoms with van der Waals surface area (Å²) in [5, 5.41) is 10.7. The lowest BCUT2D eigenvalue weighted by Gasteiger charge is -2.12. The minimum atomic E-state index is -0.644. The lowest BCUT2D eigenvalue weighted by molar-refractivity contribution is -0.384. The van der Waals surface area contributed by atoms with Gasteiger partial charge in [-0.25, -0.2) is 0 Å². The molecule has 1 aliphatic heterocycles. The van der Waals surface area contributed by atoms with Gasteiger partial charge in [-0.3, -0.25) is 29.4 Å². The van der Waals surface area contributed by atoms with Crippen molar-refractivity contribution in [2.45, 2.75) is 6.42 Å². The smallest absolute Gasteiger partial charge is 0.307 e. The molecule has 0 N–H and O–H groups in total. The molecule has 8 nitrogen and oxygen atoms in total. The predicted molar refractivity (Wildman–Crippen MR) is 65.1 cm³/mol. The largest absolute Gasteiger partial charge is 0.469 e. The van der Waals surface area contributed by atoms with E-state index < -0.39 is 22.7 Å². The number of methoxy groups -OCH3 is 1. The zero-order chi connectivity index (χ0) is 14.9. The van der Waals surface area contributed by atoms with Gasteiger partial charge < -0.3 is 4.74 Å². The molecule has 0 spiro atoms. The van der Waals surface area contributed by atoms with Crippen molar-refractivity contribution in [2.24, 2.45) is 0 Å². The number of carbonyl (C=O) groups is 3. The van der Waals surface area contributed by atoms with Gasteiger partial charge in [-0.05, 0) is 6.07 Å². The molecule has 20 heavy (non-hydrogen) atoms. The van der Waals surface area contributed by atoms with Crippen LogP contribution >= 0.6 is 0 Å². The minimum absolute atomic E-state index is 0.0194. The molecule has 0 atom stereocenters. The third-order valence-electron chi connectivity index (χ3n) is 2.93. The van der Waals surface area contributed by atoms with E-state index in [1.54, 1.807) is 0 Å². The first-order valence-electron chi connectivity index (χ1n) is 5.67. The molecule has 1 heterocycles. The Balaban J connectivity index is 2.26. The van der Waals surface area contributed by atoms with Gasteiger partial charge in [0.15, 0.2) is 0 Å². The highest BCUT2D eigenvalue weighted by Gasteiger charge is 2.36. The van der Waals surface area contributed by atoms with Crippen LogP contribution in [0.25, 0.3) is 0 Å². The number of esters is 1. The molecule has 0 fully saturated rings. The van der Waals surface area contributed by atoms with E-state index in [1.807, 2.05) is 0 Å². The van der Waals surface area contributed by atoms with Crippen LogP contribution in [0.15, 0.2) is 18.2 Å². The fourth-order valence-electron chi connectivity index (χ4n) is 1.90. The first-order chi connectivity index (χ1) is 9.45. The van der Waals surface area contributed by atoms with Gasteiger partial charge in [-0.15, -0.1) is 0 Å². The average molecular weight is 278 g/mol. The molecular weight excluding hydrogens is 268 g/mol. The summed E-state index contributed by atoms with van der Waals surface area (Å²) in [6, 6.07) is 3.47. The molecular formula is C12H10N2O6. The summed E-state index contributed by atoms with van der Waals surface area (Å²) < 4.78 is 4.43. The van der Waals surface area contributed by atoms with Crippen LogP contribution < -0.4 is 0 Å². The number of hydrogen-bond acceptors (Lipinski definition) is 6. The second-order valence-corrected chi connectivity index (χ2v) is 4.08. The Hall–Kier alpha value is -2.77. The Morgan fingerprint density at radius 1 is 1.30 bits per heavy atom. The number of hydrogen-bond donors (Lipinski definition) is 0. The zero-order valence-electron chi connectivity index (χ0n) is 10.5. The maximum absolute atomic E-state index is 12.0. The molecule has 0 aromatic heterocycles. The van der Waals surface area contributed by atoms with Gasteiger partial charge in [-0.1, -0.05) is 0 Å². The van der Waals surface area contributed by atoms with Crippen molar-refractivity contribution in [3.05, 3.63) is 39.4 Å². The molecule has 1 aromatic rings. The summed E-state index contributed by atoms with van der Waals surface area (Å²) >= 11 is 0. The van der Waals surface area contributed by atoms with Gasteiger partial charge in [0, 0.05) is 18.7 Å². The Morgan fingerprint density at radius 2 is 1.95 bits per heavy atom. The number of nitrogens with zero attached hydrogens (tertiary/aromatic N) is 2. The maximum atomic E-state index is 12.0. The van der Waals surface area contributed by atoms with E-state index in [0.29, 0.717) is 0 Å². The van der Waals surface area contributed by atoms with Crippen LogP contribution in [-0.2, 0) is 9.53 Å². The van der Waals surface area contributed by atoms with Crippen molar-refractivity contribution in [1.82, 2.24) is 4.90 Å². The third-order valence-corrected chi connectivity index (χ3v) is 2.93. The lowest BCUT2D eigenvalue weighted by atomic mass is 10.1. The molecule has 0 aliphatic carbocycles. The summed E-state index contributed by atoms with van der Waals surface area (Å²) in [7, 11) is 1.20. The number of nitro groups is 1. The number of ether oxygens (including phenoxy) is 1. The van der Waals surface area contributed by atoms with Crippen LogP contribution in [0.4, 0.5) is 5.69 Å². The zero-order valence-corrected chi connectivity index (χ0v) is 10.5. The van der Waals surface area contributed by atoms with Crippen molar-refractivity contribution in [3.63, 3.8) is 0 Å². The molecule has 0 bridgehead atoms. The average Bonchev–Trinajstić information content (AvgIpc) is 2.68. The number of carbonyl (C=O) groups excluding carboxylic acids is 3. The SMILES string of the molecule is COC(=O)CCN1C(=O)c2ccc([N+](=O)[O-])cc2C1=O. The third kappa shape index (κ3) is 2.22. The van der Waals surface area contributed by atoms with E-state index in [4.69, 9.17) is 0 Å². The molecule has 0 saturated carbocycles. The minimum Gasteiger partial charge on any atom is -0.469 e. The molecule has 0 radical (unpaired) electrons. The maximum Gasteiger partial charge on any atom is 0.307 e. The van der Waals surface area contributed by atoms with Crippen LogP contribution in [0.2, 0.25) is 0 Å². The normalized spacial score (nSPS) is 13.3. The number of non-ortho nitro benzene ring substituents is 1. The van der Waals surface area contributed by atoms with Crippen LogP contribution in [-0.4, -0.2) is 41.3 Å². The number of imide groups is 1. The molecule has 2 amide bonds. The van der Waals surface area contributed by atoms with E-state index in [9.17, 15) is 24.5 Å². The van der Waals surface area contributed by atoms with Crippen molar-refractivity contribution in [2.75, 3.05) is 13.7 Å². The molecule has 0 saturated heterocycles. The second-order valence-electron chi connectivity index (χ2n) is 4.08. The Bertz CT molecular complexity index is 624. The van der Waals surface area contributed by atoms with Crippen LogP contribution in [0.1, 0.15) is 27.1 Å². The van der Waals surface area contributed by atoms with Gasteiger partial charge in [0.25, 0.3) is 17.5 Å². The first-order valence-corrected chi connectivity index (χ1v) is 5.67. The van der Waals surface area contributed by atoms with Crippen LogP contribution in [0.5, 0.6) is 0 Å². The fourth-order valence-corrected chi connectivity index (χ4v) is 1.90. The number of benzene rings is 1. The topological polar surface area (TPSA) is 107 Å². The number of fused-ring (bicyclic) bond motifs is 1. The molecule has 1 aliphatic rings. The molecule has 104 valence electrons. The second kappa shape index (κ2) is 5.08. The lowest BCUT2D eigenvalue weighted by Crippen LogP contribution is -2.32.